The highest BCUT2D eigenvalue weighted by atomic mass is 35.5. The maximum atomic E-state index is 13.1. The SMILES string of the molecule is CC(O)Oc1cn(-c2ccc(F)cc2)c2cc(Cl)ccc12. The van der Waals surface area contributed by atoms with Crippen LogP contribution in [0.1, 0.15) is 6.92 Å². The van der Waals surface area contributed by atoms with Gasteiger partial charge in [0.15, 0.2) is 6.29 Å². The summed E-state index contributed by atoms with van der Waals surface area (Å²) in [6, 6.07) is 11.5. The fourth-order valence-corrected chi connectivity index (χ4v) is 2.43. The van der Waals surface area contributed by atoms with Crippen LogP contribution in [-0.4, -0.2) is 16.0 Å². The molecular formula is C16H13ClFNO2. The molecule has 0 aliphatic heterocycles. The molecule has 0 saturated carbocycles. The lowest BCUT2D eigenvalue weighted by Gasteiger charge is -2.06. The predicted octanol–water partition coefficient (Wildman–Crippen LogP) is 4.14. The van der Waals surface area contributed by atoms with Gasteiger partial charge in [-0.15, -0.1) is 0 Å². The third-order valence-electron chi connectivity index (χ3n) is 3.13. The molecule has 0 spiro atoms. The Hall–Kier alpha value is -2.04. The summed E-state index contributed by atoms with van der Waals surface area (Å²) in [4.78, 5) is 0. The molecule has 1 unspecified atom stereocenters. The normalized spacial score (nSPS) is 12.6. The van der Waals surface area contributed by atoms with Gasteiger partial charge in [-0.05, 0) is 49.4 Å². The Bertz CT molecular complexity index is 781. The molecule has 0 saturated heterocycles. The highest BCUT2D eigenvalue weighted by molar-refractivity contribution is 6.31. The molecule has 5 heteroatoms. The summed E-state index contributed by atoms with van der Waals surface area (Å²) in [5.74, 6) is 0.245. The van der Waals surface area contributed by atoms with Gasteiger partial charge in [0, 0.05) is 16.1 Å². The second kappa shape index (κ2) is 5.39. The highest BCUT2D eigenvalue weighted by Crippen LogP contribution is 2.33. The van der Waals surface area contributed by atoms with Crippen molar-refractivity contribution in [3.05, 3.63) is 59.5 Å². The van der Waals surface area contributed by atoms with E-state index < -0.39 is 6.29 Å². The summed E-state index contributed by atoms with van der Waals surface area (Å²) < 4.78 is 20.3. The van der Waals surface area contributed by atoms with E-state index in [1.54, 1.807) is 30.5 Å². The number of aliphatic hydroxyl groups is 1. The van der Waals surface area contributed by atoms with Crippen LogP contribution in [0.3, 0.4) is 0 Å². The van der Waals surface area contributed by atoms with Crippen LogP contribution in [0.15, 0.2) is 48.7 Å². The maximum absolute atomic E-state index is 13.1. The number of aromatic nitrogens is 1. The summed E-state index contributed by atoms with van der Waals surface area (Å²) >= 11 is 6.05. The molecule has 2 aromatic carbocycles. The molecule has 0 fully saturated rings. The zero-order valence-electron chi connectivity index (χ0n) is 11.3. The van der Waals surface area contributed by atoms with E-state index in [1.807, 2.05) is 10.6 Å². The van der Waals surface area contributed by atoms with E-state index in [2.05, 4.69) is 0 Å². The molecule has 1 N–H and O–H groups in total. The van der Waals surface area contributed by atoms with Crippen molar-refractivity contribution in [3.63, 3.8) is 0 Å². The molecule has 1 aromatic heterocycles. The fraction of sp³-hybridized carbons (Fsp3) is 0.125. The minimum Gasteiger partial charge on any atom is -0.463 e. The largest absolute Gasteiger partial charge is 0.463 e. The molecule has 3 rings (SSSR count). The van der Waals surface area contributed by atoms with Crippen molar-refractivity contribution in [3.8, 4) is 11.4 Å². The zero-order valence-corrected chi connectivity index (χ0v) is 12.0. The number of hydrogen-bond donors (Lipinski definition) is 1. The van der Waals surface area contributed by atoms with Gasteiger partial charge in [0.2, 0.25) is 0 Å². The second-order valence-electron chi connectivity index (χ2n) is 4.72. The Morgan fingerprint density at radius 3 is 2.57 bits per heavy atom. The van der Waals surface area contributed by atoms with Crippen LogP contribution in [0.4, 0.5) is 4.39 Å². The Kier molecular flexibility index (Phi) is 3.57. The van der Waals surface area contributed by atoms with Gasteiger partial charge in [0.05, 0.1) is 11.7 Å². The van der Waals surface area contributed by atoms with Crippen molar-refractivity contribution in [2.75, 3.05) is 0 Å². The van der Waals surface area contributed by atoms with Crippen LogP contribution in [-0.2, 0) is 0 Å². The topological polar surface area (TPSA) is 34.4 Å². The van der Waals surface area contributed by atoms with Crippen molar-refractivity contribution in [2.24, 2.45) is 0 Å². The van der Waals surface area contributed by atoms with Gasteiger partial charge in [-0.3, -0.25) is 0 Å². The molecule has 0 amide bonds. The van der Waals surface area contributed by atoms with E-state index in [-0.39, 0.29) is 5.82 Å². The van der Waals surface area contributed by atoms with Gasteiger partial charge < -0.3 is 14.4 Å². The van der Waals surface area contributed by atoms with Gasteiger partial charge in [0.25, 0.3) is 0 Å². The maximum Gasteiger partial charge on any atom is 0.194 e. The Morgan fingerprint density at radius 1 is 1.19 bits per heavy atom. The van der Waals surface area contributed by atoms with Gasteiger partial charge in [-0.25, -0.2) is 4.39 Å². The predicted molar refractivity (Wildman–Crippen MR) is 80.6 cm³/mol. The van der Waals surface area contributed by atoms with Gasteiger partial charge in [-0.2, -0.15) is 0 Å². The Morgan fingerprint density at radius 2 is 1.90 bits per heavy atom. The zero-order chi connectivity index (χ0) is 15.0. The average Bonchev–Trinajstić information content (AvgIpc) is 2.77. The van der Waals surface area contributed by atoms with Crippen LogP contribution in [0.25, 0.3) is 16.6 Å². The number of benzene rings is 2. The lowest BCUT2D eigenvalue weighted by Crippen LogP contribution is -2.09. The van der Waals surface area contributed by atoms with Gasteiger partial charge in [0.1, 0.15) is 11.6 Å². The number of fused-ring (bicyclic) bond motifs is 1. The number of aliphatic hydroxyl groups excluding tert-OH is 1. The third kappa shape index (κ3) is 2.73. The molecule has 0 bridgehead atoms. The van der Waals surface area contributed by atoms with Crippen molar-refractivity contribution in [1.29, 1.82) is 0 Å². The monoisotopic (exact) mass is 305 g/mol. The van der Waals surface area contributed by atoms with E-state index >= 15 is 0 Å². The Balaban J connectivity index is 2.21. The van der Waals surface area contributed by atoms with Crippen LogP contribution in [0.2, 0.25) is 5.02 Å². The number of halogens is 2. The molecule has 0 radical (unpaired) electrons. The molecular weight excluding hydrogens is 293 g/mol. The van der Waals surface area contributed by atoms with Crippen LogP contribution in [0.5, 0.6) is 5.75 Å². The fourth-order valence-electron chi connectivity index (χ4n) is 2.26. The van der Waals surface area contributed by atoms with Gasteiger partial charge in [-0.1, -0.05) is 11.6 Å². The molecule has 21 heavy (non-hydrogen) atoms. The standard InChI is InChI=1S/C16H13ClFNO2/c1-10(20)21-16-9-19(13-5-3-12(18)4-6-13)15-8-11(17)2-7-14(15)16/h2-10,20H,1H3. The molecule has 0 aliphatic carbocycles. The first-order valence-electron chi connectivity index (χ1n) is 6.46. The summed E-state index contributed by atoms with van der Waals surface area (Å²) in [5.41, 5.74) is 1.61. The van der Waals surface area contributed by atoms with Crippen LogP contribution < -0.4 is 4.74 Å². The quantitative estimate of drug-likeness (QED) is 0.738. The van der Waals surface area contributed by atoms with E-state index in [0.717, 1.165) is 16.6 Å². The number of ether oxygens (including phenoxy) is 1. The molecule has 3 nitrogen and oxygen atoms in total. The highest BCUT2D eigenvalue weighted by Gasteiger charge is 2.13. The molecule has 3 aromatic rings. The summed E-state index contributed by atoms with van der Waals surface area (Å²) in [6.07, 6.45) is 0.828. The van der Waals surface area contributed by atoms with E-state index in [1.165, 1.54) is 19.1 Å². The van der Waals surface area contributed by atoms with Gasteiger partial charge >= 0.3 is 0 Å². The first-order chi connectivity index (χ1) is 10.0. The Labute approximate surface area is 126 Å². The van der Waals surface area contributed by atoms with Crippen molar-refractivity contribution in [2.45, 2.75) is 13.2 Å². The summed E-state index contributed by atoms with van der Waals surface area (Å²) in [7, 11) is 0. The second-order valence-corrected chi connectivity index (χ2v) is 5.15. The molecule has 1 atom stereocenters. The lowest BCUT2D eigenvalue weighted by molar-refractivity contribution is 0.000800. The molecule has 108 valence electrons. The summed E-state index contributed by atoms with van der Waals surface area (Å²) in [6.45, 7) is 1.54. The third-order valence-corrected chi connectivity index (χ3v) is 3.37. The van der Waals surface area contributed by atoms with Crippen LogP contribution >= 0.6 is 11.6 Å². The van der Waals surface area contributed by atoms with Crippen LogP contribution in [0, 0.1) is 5.82 Å². The van der Waals surface area contributed by atoms with E-state index in [4.69, 9.17) is 16.3 Å². The van der Waals surface area contributed by atoms with Crippen molar-refractivity contribution in [1.82, 2.24) is 4.57 Å². The van der Waals surface area contributed by atoms with Crippen molar-refractivity contribution >= 4 is 22.5 Å². The first-order valence-corrected chi connectivity index (χ1v) is 6.83. The average molecular weight is 306 g/mol. The van der Waals surface area contributed by atoms with E-state index in [9.17, 15) is 9.50 Å². The smallest absolute Gasteiger partial charge is 0.194 e. The minimum absolute atomic E-state index is 0.298. The number of rotatable bonds is 3. The number of nitrogens with zero attached hydrogens (tertiary/aromatic N) is 1. The van der Waals surface area contributed by atoms with Crippen molar-refractivity contribution < 1.29 is 14.2 Å². The van der Waals surface area contributed by atoms with E-state index in [0.29, 0.717) is 10.8 Å². The number of hydrogen-bond acceptors (Lipinski definition) is 2. The molecule has 1 heterocycles. The minimum atomic E-state index is -0.923. The summed E-state index contributed by atoms with van der Waals surface area (Å²) in [5, 5.41) is 10.8. The first kappa shape index (κ1) is 13.9. The lowest BCUT2D eigenvalue weighted by atomic mass is 10.2. The molecule has 0 aliphatic rings.